The minimum atomic E-state index is -0.326. The van der Waals surface area contributed by atoms with E-state index in [2.05, 4.69) is 25.6 Å². The average Bonchev–Trinajstić information content (AvgIpc) is 3.33. The van der Waals surface area contributed by atoms with Crippen LogP contribution in [-0.2, 0) is 17.8 Å². The van der Waals surface area contributed by atoms with E-state index in [-0.39, 0.29) is 24.8 Å². The Kier molecular flexibility index (Phi) is 6.60. The summed E-state index contributed by atoms with van der Waals surface area (Å²) < 4.78 is 5.86. The van der Waals surface area contributed by atoms with Crippen molar-refractivity contribution in [2.24, 2.45) is 0 Å². The molecule has 8 nitrogen and oxygen atoms in total. The molecule has 3 aromatic heterocycles. The smallest absolute Gasteiger partial charge is 0.274 e. The van der Waals surface area contributed by atoms with Crippen LogP contribution in [0.2, 0.25) is 0 Å². The Morgan fingerprint density at radius 3 is 2.55 bits per heavy atom. The fourth-order valence-corrected chi connectivity index (χ4v) is 4.23. The summed E-state index contributed by atoms with van der Waals surface area (Å²) in [6, 6.07) is 12.4. The molecule has 4 rings (SSSR count). The third-order valence-electron chi connectivity index (χ3n) is 4.97. The summed E-state index contributed by atoms with van der Waals surface area (Å²) in [6.07, 6.45) is 1.85. The SMILES string of the molecule is Cc1nc(C)c(CC(=O)NCc2nc(-c3ccccc3NC(=O)c3ccccn3)oc2C)s1. The molecule has 0 aliphatic heterocycles. The maximum atomic E-state index is 12.5. The Bertz CT molecular complexity index is 1300. The van der Waals surface area contributed by atoms with Crippen molar-refractivity contribution in [1.29, 1.82) is 0 Å². The van der Waals surface area contributed by atoms with Gasteiger partial charge in [0.15, 0.2) is 0 Å². The van der Waals surface area contributed by atoms with Crippen molar-refractivity contribution >= 4 is 28.8 Å². The Hall–Kier alpha value is -3.85. The number of amides is 2. The maximum Gasteiger partial charge on any atom is 0.274 e. The molecule has 0 saturated heterocycles. The fourth-order valence-electron chi connectivity index (χ4n) is 3.30. The topological polar surface area (TPSA) is 110 Å². The highest BCUT2D eigenvalue weighted by atomic mass is 32.1. The number of carbonyl (C=O) groups excluding carboxylic acids is 2. The summed E-state index contributed by atoms with van der Waals surface area (Å²) in [7, 11) is 0. The van der Waals surface area contributed by atoms with E-state index in [4.69, 9.17) is 4.42 Å². The molecule has 0 aliphatic carbocycles. The second kappa shape index (κ2) is 9.74. The third kappa shape index (κ3) is 5.32. The van der Waals surface area contributed by atoms with Gasteiger partial charge in [0.05, 0.1) is 34.9 Å². The van der Waals surface area contributed by atoms with Crippen LogP contribution in [0.4, 0.5) is 5.69 Å². The molecule has 33 heavy (non-hydrogen) atoms. The van der Waals surface area contributed by atoms with Crippen LogP contribution >= 0.6 is 11.3 Å². The number of aryl methyl sites for hydroxylation is 3. The summed E-state index contributed by atoms with van der Waals surface area (Å²) in [5.74, 6) is 0.532. The quantitative estimate of drug-likeness (QED) is 0.426. The molecule has 0 radical (unpaired) electrons. The highest BCUT2D eigenvalue weighted by Crippen LogP contribution is 2.29. The molecule has 168 valence electrons. The van der Waals surface area contributed by atoms with Crippen LogP contribution in [-0.4, -0.2) is 26.8 Å². The molecule has 0 unspecified atom stereocenters. The number of thiazole rings is 1. The fraction of sp³-hybridized carbons (Fsp3) is 0.208. The highest BCUT2D eigenvalue weighted by Gasteiger charge is 2.18. The van der Waals surface area contributed by atoms with Crippen LogP contribution in [0.1, 0.15) is 37.5 Å². The first-order chi connectivity index (χ1) is 15.9. The van der Waals surface area contributed by atoms with Crippen LogP contribution in [0.5, 0.6) is 0 Å². The first-order valence-corrected chi connectivity index (χ1v) is 11.2. The van der Waals surface area contributed by atoms with E-state index < -0.39 is 0 Å². The lowest BCUT2D eigenvalue weighted by molar-refractivity contribution is -0.120. The second-order valence-electron chi connectivity index (χ2n) is 7.43. The van der Waals surface area contributed by atoms with Gasteiger partial charge in [-0.15, -0.1) is 11.3 Å². The molecule has 1 aromatic carbocycles. The van der Waals surface area contributed by atoms with Crippen molar-refractivity contribution in [1.82, 2.24) is 20.3 Å². The molecule has 2 amide bonds. The molecule has 9 heteroatoms. The summed E-state index contributed by atoms with van der Waals surface area (Å²) in [4.78, 5) is 38.9. The molecule has 0 bridgehead atoms. The van der Waals surface area contributed by atoms with E-state index in [1.54, 1.807) is 37.4 Å². The van der Waals surface area contributed by atoms with Crippen molar-refractivity contribution < 1.29 is 14.0 Å². The van der Waals surface area contributed by atoms with Gasteiger partial charge in [-0.3, -0.25) is 14.6 Å². The van der Waals surface area contributed by atoms with Crippen molar-refractivity contribution in [3.8, 4) is 11.5 Å². The number of nitrogens with zero attached hydrogens (tertiary/aromatic N) is 3. The molecule has 0 spiro atoms. The van der Waals surface area contributed by atoms with Gasteiger partial charge in [-0.2, -0.15) is 0 Å². The van der Waals surface area contributed by atoms with Gasteiger partial charge in [-0.25, -0.2) is 9.97 Å². The van der Waals surface area contributed by atoms with Gasteiger partial charge in [0.1, 0.15) is 17.1 Å². The predicted molar refractivity (Wildman–Crippen MR) is 126 cm³/mol. The number of carbonyl (C=O) groups is 2. The number of oxazole rings is 1. The van der Waals surface area contributed by atoms with E-state index in [1.165, 1.54) is 11.3 Å². The van der Waals surface area contributed by atoms with Crippen molar-refractivity contribution in [3.05, 3.63) is 81.4 Å². The number of pyridine rings is 1. The molecule has 3 heterocycles. The Morgan fingerprint density at radius 2 is 1.82 bits per heavy atom. The molecule has 0 fully saturated rings. The molecule has 4 aromatic rings. The number of para-hydroxylation sites is 1. The van der Waals surface area contributed by atoms with Gasteiger partial charge in [-0.05, 0) is 45.0 Å². The summed E-state index contributed by atoms with van der Waals surface area (Å²) >= 11 is 1.53. The largest absolute Gasteiger partial charge is 0.441 e. The van der Waals surface area contributed by atoms with Crippen molar-refractivity contribution in [3.63, 3.8) is 0 Å². The van der Waals surface area contributed by atoms with E-state index in [0.29, 0.717) is 34.3 Å². The van der Waals surface area contributed by atoms with Crippen molar-refractivity contribution in [2.75, 3.05) is 5.32 Å². The zero-order chi connectivity index (χ0) is 23.4. The van der Waals surface area contributed by atoms with Gasteiger partial charge in [0, 0.05) is 11.1 Å². The van der Waals surface area contributed by atoms with Gasteiger partial charge in [0.2, 0.25) is 11.8 Å². The van der Waals surface area contributed by atoms with E-state index in [9.17, 15) is 9.59 Å². The number of hydrogen-bond acceptors (Lipinski definition) is 7. The molecular formula is C24H23N5O3S. The number of benzene rings is 1. The third-order valence-corrected chi connectivity index (χ3v) is 6.04. The van der Waals surface area contributed by atoms with Crippen LogP contribution in [0, 0.1) is 20.8 Å². The average molecular weight is 462 g/mol. The molecular weight excluding hydrogens is 438 g/mol. The number of anilines is 1. The molecule has 0 aliphatic rings. The normalized spacial score (nSPS) is 10.8. The summed E-state index contributed by atoms with van der Waals surface area (Å²) in [5, 5.41) is 6.71. The van der Waals surface area contributed by atoms with Gasteiger partial charge in [0.25, 0.3) is 5.91 Å². The zero-order valence-corrected chi connectivity index (χ0v) is 19.3. The monoisotopic (exact) mass is 461 g/mol. The minimum absolute atomic E-state index is 0.103. The number of rotatable bonds is 7. The summed E-state index contributed by atoms with van der Waals surface area (Å²) in [5.41, 5.74) is 3.02. The van der Waals surface area contributed by atoms with E-state index >= 15 is 0 Å². The van der Waals surface area contributed by atoms with Crippen LogP contribution in [0.3, 0.4) is 0 Å². The minimum Gasteiger partial charge on any atom is -0.441 e. The van der Waals surface area contributed by atoms with Gasteiger partial charge >= 0.3 is 0 Å². The Morgan fingerprint density at radius 1 is 1.03 bits per heavy atom. The highest BCUT2D eigenvalue weighted by molar-refractivity contribution is 7.11. The van der Waals surface area contributed by atoms with Crippen LogP contribution in [0.15, 0.2) is 53.1 Å². The molecule has 0 saturated carbocycles. The molecule has 2 N–H and O–H groups in total. The first kappa shape index (κ1) is 22.3. The zero-order valence-electron chi connectivity index (χ0n) is 18.5. The number of hydrogen-bond donors (Lipinski definition) is 2. The van der Waals surface area contributed by atoms with Crippen LogP contribution < -0.4 is 10.6 Å². The number of nitrogens with one attached hydrogen (secondary N) is 2. The van der Waals surface area contributed by atoms with Gasteiger partial charge < -0.3 is 15.1 Å². The van der Waals surface area contributed by atoms with Crippen molar-refractivity contribution in [2.45, 2.75) is 33.7 Å². The predicted octanol–water partition coefficient (Wildman–Crippen LogP) is 4.23. The lowest BCUT2D eigenvalue weighted by atomic mass is 10.1. The lowest BCUT2D eigenvalue weighted by Gasteiger charge is -2.08. The maximum absolute atomic E-state index is 12.5. The Balaban J connectivity index is 1.46. The standard InChI is InChI=1S/C24H23N5O3S/c1-14-21(33-16(3)27-14)12-22(30)26-13-20-15(2)32-24(29-20)17-8-4-5-9-18(17)28-23(31)19-10-6-7-11-25-19/h4-11H,12-13H2,1-3H3,(H,26,30)(H,28,31). The Labute approximate surface area is 195 Å². The summed E-state index contributed by atoms with van der Waals surface area (Å²) in [6.45, 7) is 5.87. The second-order valence-corrected chi connectivity index (χ2v) is 8.72. The molecule has 0 atom stereocenters. The lowest BCUT2D eigenvalue weighted by Crippen LogP contribution is -2.25. The van der Waals surface area contributed by atoms with E-state index in [1.807, 2.05) is 32.0 Å². The van der Waals surface area contributed by atoms with E-state index in [0.717, 1.165) is 15.6 Å². The van der Waals surface area contributed by atoms with Crippen LogP contribution in [0.25, 0.3) is 11.5 Å². The number of aromatic nitrogens is 3. The first-order valence-electron chi connectivity index (χ1n) is 10.4. The van der Waals surface area contributed by atoms with Gasteiger partial charge in [-0.1, -0.05) is 18.2 Å².